The molecule has 0 aromatic heterocycles. The van der Waals surface area contributed by atoms with Crippen LogP contribution in [-0.4, -0.2) is 41.9 Å². The number of nitro groups is 1. The number of nitrogens with one attached hydrogen (secondary N) is 3. The minimum absolute atomic E-state index is 0.0309. The topological polar surface area (TPSA) is 113 Å². The van der Waals surface area contributed by atoms with Crippen LogP contribution in [0.3, 0.4) is 0 Å². The fraction of sp³-hybridized carbons (Fsp3) is 0.556. The van der Waals surface area contributed by atoms with Crippen LogP contribution in [0.15, 0.2) is 18.2 Å². The zero-order valence-electron chi connectivity index (χ0n) is 15.6. The van der Waals surface area contributed by atoms with Crippen LogP contribution in [0.4, 0.5) is 5.69 Å². The normalized spacial score (nSPS) is 20.8. The summed E-state index contributed by atoms with van der Waals surface area (Å²) in [4.78, 5) is 35.5. The molecule has 1 aliphatic rings. The standard InChI is InChI=1S/C18H25ClN4O4/c1-10(2)16(18(25)21-15-6-7-20-9-11(15)3)22-17(24)13-5-4-12(23(26)27)8-14(13)19/h4-5,8,10-11,15-16,20H,6-7,9H2,1-3H3,(H,21,25)(H,22,24). The SMILES string of the molecule is CC(C)C(NC(=O)c1ccc([N+](=O)[O-])cc1Cl)C(=O)NC1CCNCC1C. The Balaban J connectivity index is 2.09. The smallest absolute Gasteiger partial charge is 0.270 e. The van der Waals surface area contributed by atoms with Gasteiger partial charge >= 0.3 is 0 Å². The van der Waals surface area contributed by atoms with Gasteiger partial charge in [-0.2, -0.15) is 0 Å². The number of hydrogen-bond acceptors (Lipinski definition) is 5. The molecule has 3 atom stereocenters. The summed E-state index contributed by atoms with van der Waals surface area (Å²) in [5.41, 5.74) is -0.106. The molecule has 2 rings (SSSR count). The molecule has 1 aliphatic heterocycles. The van der Waals surface area contributed by atoms with Crippen molar-refractivity contribution < 1.29 is 14.5 Å². The van der Waals surface area contributed by atoms with E-state index in [1.54, 1.807) is 0 Å². The molecule has 2 amide bonds. The number of hydrogen-bond donors (Lipinski definition) is 3. The summed E-state index contributed by atoms with van der Waals surface area (Å²) in [6, 6.07) is 2.95. The quantitative estimate of drug-likeness (QED) is 0.503. The van der Waals surface area contributed by atoms with Gasteiger partial charge in [0.25, 0.3) is 11.6 Å². The predicted octanol–water partition coefficient (Wildman–Crippen LogP) is 2.12. The number of non-ortho nitro benzene ring substituents is 1. The van der Waals surface area contributed by atoms with Gasteiger partial charge in [0.1, 0.15) is 6.04 Å². The lowest BCUT2D eigenvalue weighted by Crippen LogP contribution is -2.55. The molecule has 3 unspecified atom stereocenters. The summed E-state index contributed by atoms with van der Waals surface area (Å²) in [5.74, 6) is -0.615. The van der Waals surface area contributed by atoms with Crippen LogP contribution in [0.1, 0.15) is 37.6 Å². The molecule has 9 heteroatoms. The molecule has 0 radical (unpaired) electrons. The monoisotopic (exact) mass is 396 g/mol. The van der Waals surface area contributed by atoms with E-state index in [2.05, 4.69) is 22.9 Å². The zero-order chi connectivity index (χ0) is 20.1. The van der Waals surface area contributed by atoms with Crippen molar-refractivity contribution in [1.29, 1.82) is 0 Å². The highest BCUT2D eigenvalue weighted by Crippen LogP contribution is 2.23. The summed E-state index contributed by atoms with van der Waals surface area (Å²) in [6.07, 6.45) is 0.833. The first-order valence-electron chi connectivity index (χ1n) is 8.96. The summed E-state index contributed by atoms with van der Waals surface area (Å²) < 4.78 is 0. The van der Waals surface area contributed by atoms with E-state index in [0.717, 1.165) is 25.6 Å². The van der Waals surface area contributed by atoms with Crippen LogP contribution in [-0.2, 0) is 4.79 Å². The fourth-order valence-electron chi connectivity index (χ4n) is 3.06. The van der Waals surface area contributed by atoms with E-state index >= 15 is 0 Å². The van der Waals surface area contributed by atoms with Crippen molar-refractivity contribution in [3.05, 3.63) is 38.9 Å². The molecule has 1 heterocycles. The van der Waals surface area contributed by atoms with E-state index < -0.39 is 16.9 Å². The summed E-state index contributed by atoms with van der Waals surface area (Å²) in [6.45, 7) is 7.42. The van der Waals surface area contributed by atoms with Crippen molar-refractivity contribution in [2.45, 2.75) is 39.3 Å². The second kappa shape index (κ2) is 9.14. The number of rotatable bonds is 6. The van der Waals surface area contributed by atoms with Gasteiger partial charge < -0.3 is 16.0 Å². The Kier molecular flexibility index (Phi) is 7.15. The zero-order valence-corrected chi connectivity index (χ0v) is 16.4. The van der Waals surface area contributed by atoms with Gasteiger partial charge in [0.05, 0.1) is 15.5 Å². The number of nitro benzene ring substituents is 1. The van der Waals surface area contributed by atoms with Crippen LogP contribution >= 0.6 is 11.6 Å². The molecule has 27 heavy (non-hydrogen) atoms. The maximum absolute atomic E-state index is 12.7. The summed E-state index contributed by atoms with van der Waals surface area (Å²) >= 11 is 6.01. The number of carbonyl (C=O) groups is 2. The Morgan fingerprint density at radius 3 is 2.63 bits per heavy atom. The Hall–Kier alpha value is -2.19. The van der Waals surface area contributed by atoms with E-state index in [0.29, 0.717) is 5.92 Å². The maximum atomic E-state index is 12.7. The Labute approximate surface area is 163 Å². The minimum atomic E-state index is -0.731. The van der Waals surface area contributed by atoms with E-state index in [1.807, 2.05) is 13.8 Å². The minimum Gasteiger partial charge on any atom is -0.351 e. The summed E-state index contributed by atoms with van der Waals surface area (Å²) in [7, 11) is 0. The second-order valence-corrected chi connectivity index (χ2v) is 7.61. The first-order chi connectivity index (χ1) is 12.7. The largest absolute Gasteiger partial charge is 0.351 e. The molecular formula is C18H25ClN4O4. The molecule has 0 aliphatic carbocycles. The van der Waals surface area contributed by atoms with Gasteiger partial charge in [0.15, 0.2) is 0 Å². The number of benzene rings is 1. The van der Waals surface area contributed by atoms with Gasteiger partial charge in [-0.15, -0.1) is 0 Å². The molecule has 8 nitrogen and oxygen atoms in total. The van der Waals surface area contributed by atoms with Crippen LogP contribution in [0.2, 0.25) is 5.02 Å². The molecule has 1 fully saturated rings. The van der Waals surface area contributed by atoms with Crippen molar-refractivity contribution in [1.82, 2.24) is 16.0 Å². The van der Waals surface area contributed by atoms with Crippen molar-refractivity contribution in [3.63, 3.8) is 0 Å². The third kappa shape index (κ3) is 5.40. The number of carbonyl (C=O) groups excluding carboxylic acids is 2. The highest BCUT2D eigenvalue weighted by atomic mass is 35.5. The van der Waals surface area contributed by atoms with Crippen LogP contribution < -0.4 is 16.0 Å². The summed E-state index contributed by atoms with van der Waals surface area (Å²) in [5, 5.41) is 19.8. The molecule has 1 saturated heterocycles. The van der Waals surface area contributed by atoms with Gasteiger partial charge in [0, 0.05) is 18.2 Å². The number of piperidine rings is 1. The number of amides is 2. The van der Waals surface area contributed by atoms with Crippen molar-refractivity contribution in [3.8, 4) is 0 Å². The van der Waals surface area contributed by atoms with Crippen molar-refractivity contribution >= 4 is 29.1 Å². The van der Waals surface area contributed by atoms with E-state index in [4.69, 9.17) is 11.6 Å². The molecule has 1 aromatic rings. The van der Waals surface area contributed by atoms with Gasteiger partial charge in [0.2, 0.25) is 5.91 Å². The van der Waals surface area contributed by atoms with Crippen LogP contribution in [0.25, 0.3) is 0 Å². The lowest BCUT2D eigenvalue weighted by molar-refractivity contribution is -0.384. The third-order valence-electron chi connectivity index (χ3n) is 4.76. The molecule has 1 aromatic carbocycles. The van der Waals surface area contributed by atoms with Gasteiger partial charge in [-0.1, -0.05) is 32.4 Å². The first-order valence-corrected chi connectivity index (χ1v) is 9.34. The first kappa shape index (κ1) is 21.1. The average molecular weight is 397 g/mol. The van der Waals surface area contributed by atoms with Gasteiger partial charge in [-0.05, 0) is 37.4 Å². The third-order valence-corrected chi connectivity index (χ3v) is 5.07. The lowest BCUT2D eigenvalue weighted by atomic mass is 9.94. The maximum Gasteiger partial charge on any atom is 0.270 e. The molecule has 148 valence electrons. The molecule has 3 N–H and O–H groups in total. The molecule has 0 spiro atoms. The predicted molar refractivity (Wildman–Crippen MR) is 103 cm³/mol. The van der Waals surface area contributed by atoms with Gasteiger partial charge in [-0.25, -0.2) is 0 Å². The Morgan fingerprint density at radius 1 is 1.37 bits per heavy atom. The average Bonchev–Trinajstić information content (AvgIpc) is 2.60. The number of nitrogens with zero attached hydrogens (tertiary/aromatic N) is 1. The highest BCUT2D eigenvalue weighted by molar-refractivity contribution is 6.34. The lowest BCUT2D eigenvalue weighted by Gasteiger charge is -2.32. The molecule has 0 bridgehead atoms. The highest BCUT2D eigenvalue weighted by Gasteiger charge is 2.30. The molecule has 0 saturated carbocycles. The fourth-order valence-corrected chi connectivity index (χ4v) is 3.32. The van der Waals surface area contributed by atoms with E-state index in [-0.39, 0.29) is 34.1 Å². The van der Waals surface area contributed by atoms with Crippen molar-refractivity contribution in [2.75, 3.05) is 13.1 Å². The van der Waals surface area contributed by atoms with Crippen molar-refractivity contribution in [2.24, 2.45) is 11.8 Å². The van der Waals surface area contributed by atoms with Gasteiger partial charge in [-0.3, -0.25) is 19.7 Å². The van der Waals surface area contributed by atoms with E-state index in [9.17, 15) is 19.7 Å². The number of halogens is 1. The molecular weight excluding hydrogens is 372 g/mol. The van der Waals surface area contributed by atoms with Crippen LogP contribution in [0, 0.1) is 22.0 Å². The Bertz CT molecular complexity index is 725. The van der Waals surface area contributed by atoms with E-state index in [1.165, 1.54) is 12.1 Å². The second-order valence-electron chi connectivity index (χ2n) is 7.20. The van der Waals surface area contributed by atoms with Crippen LogP contribution in [0.5, 0.6) is 0 Å². The Morgan fingerprint density at radius 2 is 2.07 bits per heavy atom.